The van der Waals surface area contributed by atoms with Crippen molar-refractivity contribution in [2.24, 2.45) is 0 Å². The number of rotatable bonds is 3. The number of piperazine rings is 1. The van der Waals surface area contributed by atoms with E-state index in [1.807, 2.05) is 19.1 Å². The zero-order chi connectivity index (χ0) is 13.0. The lowest BCUT2D eigenvalue weighted by atomic mass is 10.1. The van der Waals surface area contributed by atoms with Gasteiger partial charge in [-0.2, -0.15) is 0 Å². The van der Waals surface area contributed by atoms with Gasteiger partial charge in [0.2, 0.25) is 0 Å². The average Bonchev–Trinajstić information content (AvgIpc) is 2.46. The smallest absolute Gasteiger partial charge is 0.368 e. The second kappa shape index (κ2) is 5.82. The second-order valence-electron chi connectivity index (χ2n) is 4.31. The van der Waals surface area contributed by atoms with Gasteiger partial charge in [0.15, 0.2) is 0 Å². The maximum atomic E-state index is 12.2. The lowest BCUT2D eigenvalue weighted by molar-refractivity contribution is -0.0787. The lowest BCUT2D eigenvalue weighted by Gasteiger charge is -2.30. The first-order valence-corrected chi connectivity index (χ1v) is 6.17. The van der Waals surface area contributed by atoms with E-state index in [-0.39, 0.29) is 0 Å². The number of carbonyl (C=O) groups is 1. The molecule has 1 heterocycles. The molecule has 0 radical (unpaired) electrons. The van der Waals surface area contributed by atoms with Crippen LogP contribution in [0.2, 0.25) is 0 Å². The Morgan fingerprint density at radius 3 is 2.78 bits per heavy atom. The fourth-order valence-corrected chi connectivity index (χ4v) is 2.19. The number of aryl methyl sites for hydroxylation is 1. The quantitative estimate of drug-likeness (QED) is 0.889. The van der Waals surface area contributed by atoms with Crippen LogP contribution in [-0.4, -0.2) is 32.1 Å². The molecule has 98 valence electrons. The number of hydrogen-bond donors (Lipinski definition) is 1. The van der Waals surface area contributed by atoms with Crippen LogP contribution in [0.4, 0.5) is 10.2 Å². The van der Waals surface area contributed by atoms with Crippen molar-refractivity contribution >= 4 is 11.7 Å². The number of benzene rings is 1. The molecule has 1 aliphatic rings. The maximum absolute atomic E-state index is 12.2. The molecule has 0 saturated carbocycles. The van der Waals surface area contributed by atoms with E-state index >= 15 is 0 Å². The number of anilines is 1. The normalized spacial score (nSPS) is 15.6. The van der Waals surface area contributed by atoms with Gasteiger partial charge in [-0.15, -0.1) is 0 Å². The van der Waals surface area contributed by atoms with Crippen LogP contribution in [0.5, 0.6) is 0 Å². The van der Waals surface area contributed by atoms with E-state index in [1.165, 1.54) is 0 Å². The minimum atomic E-state index is -0.918. The number of nitrogens with one attached hydrogen (secondary N) is 1. The highest BCUT2D eigenvalue weighted by Gasteiger charge is 2.20. The van der Waals surface area contributed by atoms with E-state index in [0.29, 0.717) is 5.56 Å². The standard InChI is InChI=1S/C13H17FN2O2/c1-2-10-3-4-12(11(9-10)13(17)18-14)16-7-5-15-6-8-16/h3-4,9,15H,2,5-8H2,1H3. The van der Waals surface area contributed by atoms with E-state index in [2.05, 4.69) is 15.2 Å². The van der Waals surface area contributed by atoms with Crippen LogP contribution in [0.3, 0.4) is 0 Å². The molecule has 1 fully saturated rings. The Balaban J connectivity index is 2.35. The van der Waals surface area contributed by atoms with Gasteiger partial charge >= 0.3 is 5.97 Å². The van der Waals surface area contributed by atoms with E-state index in [1.54, 1.807) is 6.07 Å². The molecule has 1 saturated heterocycles. The molecule has 4 nitrogen and oxygen atoms in total. The van der Waals surface area contributed by atoms with Gasteiger partial charge in [-0.05, 0) is 24.1 Å². The van der Waals surface area contributed by atoms with Crippen LogP contribution >= 0.6 is 0 Å². The Morgan fingerprint density at radius 1 is 1.44 bits per heavy atom. The van der Waals surface area contributed by atoms with Crippen LogP contribution < -0.4 is 10.2 Å². The van der Waals surface area contributed by atoms with Crippen molar-refractivity contribution in [1.82, 2.24) is 5.32 Å². The maximum Gasteiger partial charge on any atom is 0.381 e. The van der Waals surface area contributed by atoms with Crippen LogP contribution in [-0.2, 0) is 11.4 Å². The molecule has 2 rings (SSSR count). The molecule has 0 aliphatic carbocycles. The molecule has 0 atom stereocenters. The summed E-state index contributed by atoms with van der Waals surface area (Å²) in [6.07, 6.45) is 0.800. The number of halogens is 1. The van der Waals surface area contributed by atoms with E-state index in [0.717, 1.165) is 43.9 Å². The summed E-state index contributed by atoms with van der Waals surface area (Å²) in [6, 6.07) is 5.54. The molecular formula is C13H17FN2O2. The predicted octanol–water partition coefficient (Wildman–Crippen LogP) is 1.70. The first-order chi connectivity index (χ1) is 8.76. The van der Waals surface area contributed by atoms with Crippen molar-refractivity contribution in [3.05, 3.63) is 29.3 Å². The fraction of sp³-hybridized carbons (Fsp3) is 0.462. The Labute approximate surface area is 106 Å². The predicted molar refractivity (Wildman–Crippen MR) is 67.4 cm³/mol. The van der Waals surface area contributed by atoms with Crippen LogP contribution in [0.15, 0.2) is 18.2 Å². The molecule has 18 heavy (non-hydrogen) atoms. The van der Waals surface area contributed by atoms with Crippen molar-refractivity contribution in [3.8, 4) is 0 Å². The topological polar surface area (TPSA) is 41.6 Å². The highest BCUT2D eigenvalue weighted by Crippen LogP contribution is 2.24. The van der Waals surface area contributed by atoms with E-state index in [9.17, 15) is 9.32 Å². The Hall–Kier alpha value is -1.62. The van der Waals surface area contributed by atoms with Gasteiger partial charge in [0.25, 0.3) is 0 Å². The van der Waals surface area contributed by atoms with Crippen molar-refractivity contribution in [2.45, 2.75) is 13.3 Å². The average molecular weight is 252 g/mol. The van der Waals surface area contributed by atoms with Crippen molar-refractivity contribution < 1.29 is 14.3 Å². The molecular weight excluding hydrogens is 235 g/mol. The minimum absolute atomic E-state index is 0.304. The number of nitrogens with zero attached hydrogens (tertiary/aromatic N) is 1. The highest BCUT2D eigenvalue weighted by molar-refractivity contribution is 5.95. The summed E-state index contributed by atoms with van der Waals surface area (Å²) >= 11 is 0. The van der Waals surface area contributed by atoms with Gasteiger partial charge in [0, 0.05) is 30.7 Å². The molecule has 0 unspecified atom stereocenters. The molecule has 0 aromatic heterocycles. The first kappa shape index (κ1) is 12.8. The lowest BCUT2D eigenvalue weighted by Crippen LogP contribution is -2.44. The first-order valence-electron chi connectivity index (χ1n) is 6.17. The summed E-state index contributed by atoms with van der Waals surface area (Å²) in [7, 11) is 0. The summed E-state index contributed by atoms with van der Waals surface area (Å²) < 4.78 is 12.2. The Kier molecular flexibility index (Phi) is 4.15. The van der Waals surface area contributed by atoms with Crippen LogP contribution in [0, 0.1) is 0 Å². The van der Waals surface area contributed by atoms with Gasteiger partial charge < -0.3 is 10.2 Å². The van der Waals surface area contributed by atoms with Gasteiger partial charge in [-0.25, -0.2) is 9.74 Å². The molecule has 0 spiro atoms. The van der Waals surface area contributed by atoms with E-state index < -0.39 is 5.97 Å². The zero-order valence-electron chi connectivity index (χ0n) is 10.4. The Bertz CT molecular complexity index is 431. The van der Waals surface area contributed by atoms with Crippen molar-refractivity contribution in [3.63, 3.8) is 0 Å². The van der Waals surface area contributed by atoms with Crippen molar-refractivity contribution in [1.29, 1.82) is 0 Å². The zero-order valence-corrected chi connectivity index (χ0v) is 10.4. The molecule has 1 N–H and O–H groups in total. The Morgan fingerprint density at radius 2 is 2.17 bits per heavy atom. The molecule has 0 bridgehead atoms. The minimum Gasteiger partial charge on any atom is -0.368 e. The summed E-state index contributed by atoms with van der Waals surface area (Å²) in [6.45, 7) is 5.32. The SMILES string of the molecule is CCc1ccc(N2CCNCC2)c(C(=O)OF)c1. The van der Waals surface area contributed by atoms with Crippen LogP contribution in [0.25, 0.3) is 0 Å². The van der Waals surface area contributed by atoms with Gasteiger partial charge in [-0.1, -0.05) is 13.0 Å². The van der Waals surface area contributed by atoms with Gasteiger partial charge in [0.1, 0.15) is 0 Å². The van der Waals surface area contributed by atoms with Gasteiger partial charge in [0.05, 0.1) is 11.3 Å². The second-order valence-corrected chi connectivity index (χ2v) is 4.31. The summed E-state index contributed by atoms with van der Waals surface area (Å²) in [5.41, 5.74) is 2.05. The third-order valence-electron chi connectivity index (χ3n) is 3.22. The van der Waals surface area contributed by atoms with Crippen LogP contribution in [0.1, 0.15) is 22.8 Å². The van der Waals surface area contributed by atoms with E-state index in [4.69, 9.17) is 0 Å². The summed E-state index contributed by atoms with van der Waals surface area (Å²) in [5, 5.41) is 3.24. The molecule has 5 heteroatoms. The highest BCUT2D eigenvalue weighted by atomic mass is 19.3. The monoisotopic (exact) mass is 252 g/mol. The number of hydrogen-bond acceptors (Lipinski definition) is 4. The van der Waals surface area contributed by atoms with Gasteiger partial charge in [-0.3, -0.25) is 0 Å². The molecule has 0 amide bonds. The summed E-state index contributed by atoms with van der Waals surface area (Å²) in [5.74, 6) is -0.918. The van der Waals surface area contributed by atoms with Crippen molar-refractivity contribution in [2.75, 3.05) is 31.1 Å². The largest absolute Gasteiger partial charge is 0.381 e. The summed E-state index contributed by atoms with van der Waals surface area (Å²) in [4.78, 5) is 17.0. The fourth-order valence-electron chi connectivity index (χ4n) is 2.19. The molecule has 1 aromatic rings. The third kappa shape index (κ3) is 2.61. The molecule has 1 aromatic carbocycles. The third-order valence-corrected chi connectivity index (χ3v) is 3.22. The molecule has 1 aliphatic heterocycles. The number of carbonyl (C=O) groups excluding carboxylic acids is 1.